The summed E-state index contributed by atoms with van der Waals surface area (Å²) in [6.07, 6.45) is 3.07. The predicted molar refractivity (Wildman–Crippen MR) is 236 cm³/mol. The second-order valence-corrected chi connectivity index (χ2v) is 15.8. The molecule has 3 heterocycles. The van der Waals surface area contributed by atoms with Gasteiger partial charge in [0.2, 0.25) is 0 Å². The van der Waals surface area contributed by atoms with E-state index in [1.807, 2.05) is 29.7 Å². The quantitative estimate of drug-likeness (QED) is 0.130. The molecule has 4 heteroatoms. The van der Waals surface area contributed by atoms with E-state index in [9.17, 15) is 0 Å². The first-order valence-electron chi connectivity index (χ1n) is 18.9. The van der Waals surface area contributed by atoms with Gasteiger partial charge in [-0.15, -0.1) is 52.9 Å². The van der Waals surface area contributed by atoms with Gasteiger partial charge in [-0.2, -0.15) is 11.3 Å². The fourth-order valence-corrected chi connectivity index (χ4v) is 9.11. The van der Waals surface area contributed by atoms with Gasteiger partial charge in [0.25, 0.3) is 0 Å². The maximum Gasteiger partial charge on any atom is 0.0595 e. The van der Waals surface area contributed by atoms with Crippen molar-refractivity contribution >= 4 is 85.5 Å². The van der Waals surface area contributed by atoms with Crippen LogP contribution in [-0.2, 0) is 26.5 Å². The predicted octanol–water partition coefficient (Wildman–Crippen LogP) is 14.4. The molecule has 3 aromatic heterocycles. The number of hydrogen-bond donors (Lipinski definition) is 0. The van der Waals surface area contributed by atoms with Crippen LogP contribution in [0.1, 0.15) is 19.4 Å². The molecule has 11 aromatic rings. The number of thiophene rings is 1. The van der Waals surface area contributed by atoms with Crippen molar-refractivity contribution in [3.8, 4) is 22.5 Å². The van der Waals surface area contributed by atoms with Gasteiger partial charge in [0, 0.05) is 31.0 Å². The van der Waals surface area contributed by atoms with E-state index in [1.165, 1.54) is 68.8 Å². The van der Waals surface area contributed by atoms with E-state index < -0.39 is 0 Å². The molecule has 0 unspecified atom stereocenters. The van der Waals surface area contributed by atoms with E-state index in [2.05, 4.69) is 177 Å². The van der Waals surface area contributed by atoms with E-state index in [0.717, 1.165) is 39.8 Å². The van der Waals surface area contributed by atoms with Gasteiger partial charge in [-0.05, 0) is 95.3 Å². The van der Waals surface area contributed by atoms with Crippen molar-refractivity contribution < 1.29 is 20.1 Å². The van der Waals surface area contributed by atoms with Crippen LogP contribution in [0.3, 0.4) is 0 Å². The summed E-state index contributed by atoms with van der Waals surface area (Å²) in [5.74, 6) is 0.659. The Morgan fingerprint density at radius 2 is 1.16 bits per heavy atom. The molecular weight excluding hydrogens is 877 g/mol. The van der Waals surface area contributed by atoms with E-state index >= 15 is 0 Å². The second kappa shape index (κ2) is 15.0. The Balaban J connectivity index is 0.000000167. The van der Waals surface area contributed by atoms with Crippen molar-refractivity contribution in [2.75, 3.05) is 0 Å². The van der Waals surface area contributed by atoms with Crippen LogP contribution in [0.2, 0.25) is 0 Å². The zero-order valence-corrected chi connectivity index (χ0v) is 34.2. The van der Waals surface area contributed by atoms with E-state index in [1.54, 1.807) is 0 Å². The van der Waals surface area contributed by atoms with Gasteiger partial charge in [0.1, 0.15) is 0 Å². The SMILES string of the molecule is CC(C)Cc1ccc(-c2[c-]ccc3ccccc23)nc1.[Ir].[c-]1cc2sc3cc4c5ccccc5c5ccccc5c4cc3c2cc1-c1ccc2ccccc2n1. The molecule has 0 N–H and O–H groups in total. The molecular formula is C52H36IrN2S-2. The number of pyridine rings is 2. The van der Waals surface area contributed by atoms with Gasteiger partial charge in [-0.3, -0.25) is 4.98 Å². The Morgan fingerprint density at radius 3 is 1.88 bits per heavy atom. The van der Waals surface area contributed by atoms with Gasteiger partial charge >= 0.3 is 0 Å². The summed E-state index contributed by atoms with van der Waals surface area (Å²) in [5.41, 5.74) is 6.38. The Hall–Kier alpha value is -5.77. The summed E-state index contributed by atoms with van der Waals surface area (Å²) < 4.78 is 2.57. The number of aromatic nitrogens is 2. The minimum absolute atomic E-state index is 0. The summed E-state index contributed by atoms with van der Waals surface area (Å²) in [5, 5.41) is 14.0. The molecule has 11 rings (SSSR count). The standard InChI is InChI=1S/C33H18NS.C19H18N.Ir/c1-6-12-30-20(7-1)13-15-31(34-30)21-14-16-32-28(17-21)29-18-26-24-10-4-2-8-22(24)23-9-3-5-11-25(23)27(26)19-33(29)35-32;1-14(2)12-15-10-11-19(20-13-15)18-9-5-7-16-6-3-4-8-17(16)18;/h1-13,15-19H;3-8,10-11,13-14H,12H2,1-2H3;/q2*-1;. The number of para-hydroxylation sites is 1. The van der Waals surface area contributed by atoms with Crippen LogP contribution in [0.15, 0.2) is 164 Å². The Morgan fingerprint density at radius 1 is 0.536 bits per heavy atom. The Labute approximate surface area is 343 Å². The molecule has 1 radical (unpaired) electrons. The van der Waals surface area contributed by atoms with Gasteiger partial charge in [0.05, 0.1) is 5.52 Å². The zero-order valence-electron chi connectivity index (χ0n) is 31.0. The summed E-state index contributed by atoms with van der Waals surface area (Å²) in [6, 6.07) is 62.8. The minimum Gasteiger partial charge on any atom is -0.304 e. The molecule has 0 aliphatic carbocycles. The number of nitrogens with zero attached hydrogens (tertiary/aromatic N) is 2. The first-order chi connectivity index (χ1) is 27.1. The molecule has 0 aliphatic heterocycles. The van der Waals surface area contributed by atoms with Gasteiger partial charge < -0.3 is 4.98 Å². The van der Waals surface area contributed by atoms with Crippen molar-refractivity contribution in [1.29, 1.82) is 0 Å². The number of rotatable bonds is 4. The fourth-order valence-electron chi connectivity index (χ4n) is 8.02. The molecule has 0 bridgehead atoms. The summed E-state index contributed by atoms with van der Waals surface area (Å²) >= 11 is 1.85. The summed E-state index contributed by atoms with van der Waals surface area (Å²) in [4.78, 5) is 9.53. The largest absolute Gasteiger partial charge is 0.304 e. The molecule has 2 nitrogen and oxygen atoms in total. The molecule has 0 fully saturated rings. The molecule has 0 spiro atoms. The average molecular weight is 913 g/mol. The molecule has 56 heavy (non-hydrogen) atoms. The zero-order chi connectivity index (χ0) is 36.9. The normalized spacial score (nSPS) is 11.5. The van der Waals surface area contributed by atoms with Crippen molar-refractivity contribution in [3.63, 3.8) is 0 Å². The average Bonchev–Trinajstić information content (AvgIpc) is 3.60. The smallest absolute Gasteiger partial charge is 0.0595 e. The monoisotopic (exact) mass is 913 g/mol. The maximum atomic E-state index is 4.91. The third-order valence-electron chi connectivity index (χ3n) is 10.6. The van der Waals surface area contributed by atoms with Crippen LogP contribution >= 0.6 is 11.3 Å². The van der Waals surface area contributed by atoms with E-state index in [-0.39, 0.29) is 20.1 Å². The topological polar surface area (TPSA) is 25.8 Å². The molecule has 0 aliphatic rings. The molecule has 8 aromatic carbocycles. The number of hydrogen-bond acceptors (Lipinski definition) is 3. The van der Waals surface area contributed by atoms with Gasteiger partial charge in [-0.25, -0.2) is 0 Å². The third kappa shape index (κ3) is 6.54. The van der Waals surface area contributed by atoms with Crippen molar-refractivity contribution in [2.24, 2.45) is 5.92 Å². The Bertz CT molecular complexity index is 3210. The van der Waals surface area contributed by atoms with Crippen LogP contribution in [0.4, 0.5) is 0 Å². The third-order valence-corrected chi connectivity index (χ3v) is 11.7. The van der Waals surface area contributed by atoms with Crippen molar-refractivity contribution in [1.82, 2.24) is 9.97 Å². The minimum atomic E-state index is 0. The molecule has 271 valence electrons. The first kappa shape index (κ1) is 35.9. The molecule has 0 saturated carbocycles. The number of fused-ring (bicyclic) bond motifs is 11. The van der Waals surface area contributed by atoms with Gasteiger partial charge in [0.15, 0.2) is 0 Å². The molecule has 0 saturated heterocycles. The molecule has 0 atom stereocenters. The van der Waals surface area contributed by atoms with E-state index in [0.29, 0.717) is 5.92 Å². The summed E-state index contributed by atoms with van der Waals surface area (Å²) in [7, 11) is 0. The van der Waals surface area contributed by atoms with Crippen molar-refractivity contribution in [3.05, 3.63) is 182 Å². The Kier molecular flexibility index (Phi) is 9.65. The van der Waals surface area contributed by atoms with Crippen molar-refractivity contribution in [2.45, 2.75) is 20.3 Å². The van der Waals surface area contributed by atoms with Crippen LogP contribution in [0.5, 0.6) is 0 Å². The van der Waals surface area contributed by atoms with Gasteiger partial charge in [-0.1, -0.05) is 140 Å². The maximum absolute atomic E-state index is 4.91. The summed E-state index contributed by atoms with van der Waals surface area (Å²) in [6.45, 7) is 4.46. The van der Waals surface area contributed by atoms with Crippen LogP contribution < -0.4 is 0 Å². The molecule has 0 amide bonds. The second-order valence-electron chi connectivity index (χ2n) is 14.7. The fraction of sp³-hybridized carbons (Fsp3) is 0.0769. The van der Waals surface area contributed by atoms with E-state index in [4.69, 9.17) is 4.98 Å². The number of benzene rings is 8. The van der Waals surface area contributed by atoms with Crippen LogP contribution in [-0.4, -0.2) is 9.97 Å². The van der Waals surface area contributed by atoms with Crippen LogP contribution in [0, 0.1) is 18.1 Å². The first-order valence-corrected chi connectivity index (χ1v) is 19.7. The van der Waals surface area contributed by atoms with Crippen LogP contribution in [0.25, 0.3) is 96.7 Å².